The normalized spacial score (nSPS) is 10.5. The van der Waals surface area contributed by atoms with Crippen molar-refractivity contribution in [3.63, 3.8) is 0 Å². The van der Waals surface area contributed by atoms with Crippen LogP contribution in [0.25, 0.3) is 0 Å². The summed E-state index contributed by atoms with van der Waals surface area (Å²) in [6.45, 7) is 3.52. The predicted molar refractivity (Wildman–Crippen MR) is 48.3 cm³/mol. The Balaban J connectivity index is 3.49. The van der Waals surface area contributed by atoms with Crippen LogP contribution in [0, 0.1) is 0 Å². The number of nitrogens with zero attached hydrogens (tertiary/aromatic N) is 1. The first-order chi connectivity index (χ1) is 6.07. The minimum absolute atomic E-state index is 0.147. The van der Waals surface area contributed by atoms with E-state index in [2.05, 4.69) is 4.98 Å². The van der Waals surface area contributed by atoms with Crippen LogP contribution in [-0.2, 0) is 0 Å². The lowest BCUT2D eigenvalue weighted by Crippen LogP contribution is -2.36. The molecule has 0 aromatic carbocycles. The number of methoxy groups -OCH3 is 1. The Hall–Kier alpha value is -1.52. The van der Waals surface area contributed by atoms with Gasteiger partial charge in [0.2, 0.25) is 5.75 Å². The Morgan fingerprint density at radius 3 is 2.54 bits per heavy atom. The van der Waals surface area contributed by atoms with Gasteiger partial charge in [0.05, 0.1) is 13.3 Å². The number of hydrogen-bond donors (Lipinski definition) is 1. The lowest BCUT2D eigenvalue weighted by molar-refractivity contribution is 0.392. The SMILES string of the molecule is COc1c[nH]c(=O)n(C(C)C)c1=O. The number of aromatic nitrogens is 2. The van der Waals surface area contributed by atoms with Crippen molar-refractivity contribution < 1.29 is 4.74 Å². The van der Waals surface area contributed by atoms with Crippen molar-refractivity contribution in [2.45, 2.75) is 19.9 Å². The Bertz CT molecular complexity index is 403. The largest absolute Gasteiger partial charge is 0.490 e. The van der Waals surface area contributed by atoms with Gasteiger partial charge in [-0.1, -0.05) is 0 Å². The summed E-state index contributed by atoms with van der Waals surface area (Å²) in [5.74, 6) is 0.147. The van der Waals surface area contributed by atoms with Crippen LogP contribution < -0.4 is 16.0 Å². The highest BCUT2D eigenvalue weighted by atomic mass is 16.5. The first-order valence-electron chi connectivity index (χ1n) is 3.96. The van der Waals surface area contributed by atoms with E-state index in [4.69, 9.17) is 4.74 Å². The molecule has 1 aromatic heterocycles. The van der Waals surface area contributed by atoms with Crippen molar-refractivity contribution in [2.75, 3.05) is 7.11 Å². The third-order valence-corrected chi connectivity index (χ3v) is 1.71. The molecule has 0 spiro atoms. The highest BCUT2D eigenvalue weighted by molar-refractivity contribution is 5.11. The van der Waals surface area contributed by atoms with Gasteiger partial charge in [0.25, 0.3) is 5.56 Å². The molecule has 1 N–H and O–H groups in total. The molecule has 0 fully saturated rings. The summed E-state index contributed by atoms with van der Waals surface area (Å²) in [6, 6.07) is -0.175. The van der Waals surface area contributed by atoms with Crippen molar-refractivity contribution in [3.8, 4) is 5.75 Å². The number of H-pyrrole nitrogens is 1. The molecule has 72 valence electrons. The van der Waals surface area contributed by atoms with Gasteiger partial charge >= 0.3 is 5.69 Å². The number of hydrogen-bond acceptors (Lipinski definition) is 3. The number of aromatic amines is 1. The maximum atomic E-state index is 11.5. The van der Waals surface area contributed by atoms with Gasteiger partial charge in [0, 0.05) is 6.04 Å². The van der Waals surface area contributed by atoms with Gasteiger partial charge in [-0.05, 0) is 13.8 Å². The molecule has 1 aromatic rings. The topological polar surface area (TPSA) is 64.1 Å². The first kappa shape index (κ1) is 9.57. The third-order valence-electron chi connectivity index (χ3n) is 1.71. The summed E-state index contributed by atoms with van der Waals surface area (Å²) in [5, 5.41) is 0. The van der Waals surface area contributed by atoms with Crippen LogP contribution in [-0.4, -0.2) is 16.7 Å². The smallest absolute Gasteiger partial charge is 0.328 e. The zero-order valence-corrected chi connectivity index (χ0v) is 7.83. The second-order valence-electron chi connectivity index (χ2n) is 2.93. The molecule has 13 heavy (non-hydrogen) atoms. The fourth-order valence-electron chi connectivity index (χ4n) is 1.08. The molecular formula is C8H12N2O3. The Morgan fingerprint density at radius 2 is 2.08 bits per heavy atom. The van der Waals surface area contributed by atoms with Gasteiger partial charge in [0.1, 0.15) is 0 Å². The van der Waals surface area contributed by atoms with Crippen molar-refractivity contribution >= 4 is 0 Å². The van der Waals surface area contributed by atoms with Crippen LogP contribution in [0.1, 0.15) is 19.9 Å². The summed E-state index contributed by atoms with van der Waals surface area (Å²) in [7, 11) is 1.39. The van der Waals surface area contributed by atoms with E-state index in [1.165, 1.54) is 13.3 Å². The summed E-state index contributed by atoms with van der Waals surface area (Å²) in [4.78, 5) is 25.1. The standard InChI is InChI=1S/C8H12N2O3/c1-5(2)10-7(11)6(13-3)4-9-8(10)12/h4-5H,1-3H3,(H,9,12). The van der Waals surface area contributed by atoms with Crippen molar-refractivity contribution in [3.05, 3.63) is 27.0 Å². The molecule has 0 unspecified atom stereocenters. The van der Waals surface area contributed by atoms with E-state index in [0.29, 0.717) is 0 Å². The summed E-state index contributed by atoms with van der Waals surface area (Å²) < 4.78 is 5.90. The Morgan fingerprint density at radius 1 is 1.46 bits per heavy atom. The van der Waals surface area contributed by atoms with Crippen LogP contribution in [0.2, 0.25) is 0 Å². The molecule has 0 aliphatic rings. The van der Waals surface area contributed by atoms with Crippen molar-refractivity contribution in [1.29, 1.82) is 0 Å². The predicted octanol–water partition coefficient (Wildman–Crippen LogP) is 0.126. The quantitative estimate of drug-likeness (QED) is 0.710. The molecule has 0 saturated carbocycles. The van der Waals surface area contributed by atoms with Crippen molar-refractivity contribution in [2.24, 2.45) is 0 Å². The summed E-state index contributed by atoms with van der Waals surface area (Å²) >= 11 is 0. The second kappa shape index (κ2) is 3.47. The van der Waals surface area contributed by atoms with E-state index in [-0.39, 0.29) is 11.8 Å². The van der Waals surface area contributed by atoms with Gasteiger partial charge in [-0.25, -0.2) is 4.79 Å². The molecule has 5 nitrogen and oxygen atoms in total. The summed E-state index contributed by atoms with van der Waals surface area (Å²) in [5.41, 5.74) is -0.818. The molecular weight excluding hydrogens is 172 g/mol. The molecule has 1 rings (SSSR count). The van der Waals surface area contributed by atoms with E-state index < -0.39 is 11.2 Å². The highest BCUT2D eigenvalue weighted by Crippen LogP contribution is 1.99. The van der Waals surface area contributed by atoms with Crippen LogP contribution in [0.3, 0.4) is 0 Å². The maximum absolute atomic E-state index is 11.5. The average Bonchev–Trinajstić information content (AvgIpc) is 2.04. The van der Waals surface area contributed by atoms with Crippen LogP contribution in [0.15, 0.2) is 15.8 Å². The Labute approximate surface area is 75.0 Å². The van der Waals surface area contributed by atoms with E-state index in [0.717, 1.165) is 4.57 Å². The molecule has 0 bridgehead atoms. The fourth-order valence-corrected chi connectivity index (χ4v) is 1.08. The minimum Gasteiger partial charge on any atom is -0.490 e. The zero-order valence-electron chi connectivity index (χ0n) is 7.83. The van der Waals surface area contributed by atoms with Gasteiger partial charge in [-0.2, -0.15) is 0 Å². The van der Waals surface area contributed by atoms with Gasteiger partial charge in [-0.3, -0.25) is 9.36 Å². The first-order valence-corrected chi connectivity index (χ1v) is 3.96. The van der Waals surface area contributed by atoms with Crippen molar-refractivity contribution in [1.82, 2.24) is 9.55 Å². The average molecular weight is 184 g/mol. The van der Waals surface area contributed by atoms with Crippen LogP contribution in [0.5, 0.6) is 5.75 Å². The zero-order chi connectivity index (χ0) is 10.0. The number of rotatable bonds is 2. The molecule has 5 heteroatoms. The summed E-state index contributed by atoms with van der Waals surface area (Å²) in [6.07, 6.45) is 1.27. The van der Waals surface area contributed by atoms with Gasteiger partial charge in [-0.15, -0.1) is 0 Å². The van der Waals surface area contributed by atoms with Crippen LogP contribution in [0.4, 0.5) is 0 Å². The minimum atomic E-state index is -0.416. The van der Waals surface area contributed by atoms with Crippen LogP contribution >= 0.6 is 0 Å². The third kappa shape index (κ3) is 1.63. The number of nitrogens with one attached hydrogen (secondary N) is 1. The highest BCUT2D eigenvalue weighted by Gasteiger charge is 2.09. The fraction of sp³-hybridized carbons (Fsp3) is 0.500. The number of ether oxygens (including phenoxy) is 1. The molecule has 0 aliphatic carbocycles. The molecule has 0 saturated heterocycles. The molecule has 0 aliphatic heterocycles. The molecule has 0 amide bonds. The van der Waals surface area contributed by atoms with Gasteiger partial charge < -0.3 is 9.72 Å². The lowest BCUT2D eigenvalue weighted by atomic mass is 10.4. The Kier molecular flexibility index (Phi) is 2.55. The second-order valence-corrected chi connectivity index (χ2v) is 2.93. The molecule has 1 heterocycles. The maximum Gasteiger partial charge on any atom is 0.328 e. The molecule has 0 atom stereocenters. The van der Waals surface area contributed by atoms with E-state index >= 15 is 0 Å². The van der Waals surface area contributed by atoms with E-state index in [9.17, 15) is 9.59 Å². The van der Waals surface area contributed by atoms with E-state index in [1.807, 2.05) is 0 Å². The van der Waals surface area contributed by atoms with Gasteiger partial charge in [0.15, 0.2) is 0 Å². The lowest BCUT2D eigenvalue weighted by Gasteiger charge is -2.08. The van der Waals surface area contributed by atoms with E-state index in [1.54, 1.807) is 13.8 Å². The monoisotopic (exact) mass is 184 g/mol. The molecule has 0 radical (unpaired) electrons.